The molecular weight excluding hydrogens is 152 g/mol. The van der Waals surface area contributed by atoms with Gasteiger partial charge in [-0.2, -0.15) is 0 Å². The Balaban J connectivity index is 2.78. The van der Waals surface area contributed by atoms with Gasteiger partial charge in [-0.15, -0.1) is 11.6 Å². The van der Waals surface area contributed by atoms with E-state index in [1.165, 1.54) is 19.4 Å². The fraction of sp³-hybridized carbons (Fsp3) is 0.333. The molecule has 0 saturated carbocycles. The summed E-state index contributed by atoms with van der Waals surface area (Å²) in [6, 6.07) is 0. The van der Waals surface area contributed by atoms with Gasteiger partial charge in [0.25, 0.3) is 0 Å². The molecule has 1 aliphatic heterocycles. The summed E-state index contributed by atoms with van der Waals surface area (Å²) in [7, 11) is 1.52. The van der Waals surface area contributed by atoms with Gasteiger partial charge in [0.15, 0.2) is 0 Å². The molecule has 0 aromatic heterocycles. The highest BCUT2D eigenvalue weighted by Crippen LogP contribution is 2.12. The zero-order valence-corrected chi connectivity index (χ0v) is 6.22. The minimum Gasteiger partial charge on any atom is -0.499 e. The van der Waals surface area contributed by atoms with Gasteiger partial charge in [-0.25, -0.2) is 4.99 Å². The number of nitrogens with one attached hydrogen (secondary N) is 1. The standard InChI is InChI=1S/C6H7ClN2O/c1-10-5-2-6(8)9-3-4(5)7/h2-4,8H,1H3. The summed E-state index contributed by atoms with van der Waals surface area (Å²) in [6.07, 6.45) is 2.97. The van der Waals surface area contributed by atoms with E-state index in [0.717, 1.165) is 0 Å². The molecule has 0 aromatic rings. The zero-order chi connectivity index (χ0) is 7.56. The van der Waals surface area contributed by atoms with Gasteiger partial charge in [0.2, 0.25) is 0 Å². The Kier molecular flexibility index (Phi) is 2.06. The molecule has 0 spiro atoms. The highest BCUT2D eigenvalue weighted by atomic mass is 35.5. The normalized spacial score (nSPS) is 24.4. The molecule has 0 saturated heterocycles. The number of dihydropyridines is 1. The zero-order valence-electron chi connectivity index (χ0n) is 5.47. The number of hydrogen-bond donors (Lipinski definition) is 1. The van der Waals surface area contributed by atoms with Crippen molar-refractivity contribution in [2.45, 2.75) is 5.38 Å². The van der Waals surface area contributed by atoms with Crippen LogP contribution in [0.3, 0.4) is 0 Å². The van der Waals surface area contributed by atoms with Crippen molar-refractivity contribution in [1.82, 2.24) is 0 Å². The highest BCUT2D eigenvalue weighted by molar-refractivity contribution is 6.31. The van der Waals surface area contributed by atoms with Crippen molar-refractivity contribution >= 4 is 23.7 Å². The molecule has 1 rings (SSSR count). The van der Waals surface area contributed by atoms with Gasteiger partial charge in [0.1, 0.15) is 17.0 Å². The Morgan fingerprint density at radius 2 is 2.50 bits per heavy atom. The fourth-order valence-corrected chi connectivity index (χ4v) is 0.851. The Labute approximate surface area is 63.9 Å². The molecule has 0 radical (unpaired) electrons. The summed E-state index contributed by atoms with van der Waals surface area (Å²) < 4.78 is 4.87. The molecule has 1 heterocycles. The number of amidine groups is 1. The van der Waals surface area contributed by atoms with E-state index in [2.05, 4.69) is 4.99 Å². The highest BCUT2D eigenvalue weighted by Gasteiger charge is 2.13. The van der Waals surface area contributed by atoms with E-state index in [1.54, 1.807) is 0 Å². The summed E-state index contributed by atoms with van der Waals surface area (Å²) in [5.74, 6) is 0.746. The summed E-state index contributed by atoms with van der Waals surface area (Å²) >= 11 is 5.71. The Hall–Kier alpha value is -0.830. The summed E-state index contributed by atoms with van der Waals surface area (Å²) in [5.41, 5.74) is 0. The minimum absolute atomic E-state index is 0.175. The first-order chi connectivity index (χ1) is 4.74. The van der Waals surface area contributed by atoms with Gasteiger partial charge in [-0.05, 0) is 0 Å². The lowest BCUT2D eigenvalue weighted by molar-refractivity contribution is 0.289. The van der Waals surface area contributed by atoms with Gasteiger partial charge in [0.05, 0.1) is 7.11 Å². The van der Waals surface area contributed by atoms with Crippen molar-refractivity contribution in [3.05, 3.63) is 11.8 Å². The molecule has 10 heavy (non-hydrogen) atoms. The predicted molar refractivity (Wildman–Crippen MR) is 41.0 cm³/mol. The van der Waals surface area contributed by atoms with Crippen molar-refractivity contribution in [3.8, 4) is 0 Å². The summed E-state index contributed by atoms with van der Waals surface area (Å²) in [5, 5.41) is 6.78. The lowest BCUT2D eigenvalue weighted by Gasteiger charge is -2.11. The summed E-state index contributed by atoms with van der Waals surface area (Å²) in [6.45, 7) is 0. The second-order valence-electron chi connectivity index (χ2n) is 1.82. The topological polar surface area (TPSA) is 45.4 Å². The lowest BCUT2D eigenvalue weighted by Crippen LogP contribution is -2.13. The molecule has 1 aliphatic rings. The molecule has 3 nitrogen and oxygen atoms in total. The van der Waals surface area contributed by atoms with E-state index >= 15 is 0 Å². The second kappa shape index (κ2) is 2.84. The average Bonchev–Trinajstić information content (AvgIpc) is 1.94. The van der Waals surface area contributed by atoms with Gasteiger partial charge in [-0.1, -0.05) is 0 Å². The van der Waals surface area contributed by atoms with Gasteiger partial charge in [-0.3, -0.25) is 5.41 Å². The number of methoxy groups -OCH3 is 1. The van der Waals surface area contributed by atoms with E-state index in [1.807, 2.05) is 0 Å². The molecule has 54 valence electrons. The minimum atomic E-state index is -0.320. The van der Waals surface area contributed by atoms with Crippen LogP contribution in [0.5, 0.6) is 0 Å². The largest absolute Gasteiger partial charge is 0.499 e. The molecule has 1 atom stereocenters. The first-order valence-electron chi connectivity index (χ1n) is 2.76. The van der Waals surface area contributed by atoms with Crippen LogP contribution in [0.15, 0.2) is 16.8 Å². The first kappa shape index (κ1) is 7.28. The van der Waals surface area contributed by atoms with Crippen LogP contribution >= 0.6 is 11.6 Å². The number of ether oxygens (including phenoxy) is 1. The van der Waals surface area contributed by atoms with Crippen LogP contribution in [-0.4, -0.2) is 24.5 Å². The monoisotopic (exact) mass is 158 g/mol. The number of nitrogens with zero attached hydrogens (tertiary/aromatic N) is 1. The van der Waals surface area contributed by atoms with Crippen LogP contribution in [0.25, 0.3) is 0 Å². The van der Waals surface area contributed by atoms with Gasteiger partial charge >= 0.3 is 0 Å². The molecule has 1 unspecified atom stereocenters. The number of allylic oxidation sites excluding steroid dienone is 1. The van der Waals surface area contributed by atoms with Crippen LogP contribution < -0.4 is 0 Å². The van der Waals surface area contributed by atoms with Crippen LogP contribution in [-0.2, 0) is 4.74 Å². The SMILES string of the molecule is COC1=CC(=N)N=CC1Cl. The average molecular weight is 159 g/mol. The van der Waals surface area contributed by atoms with E-state index in [4.69, 9.17) is 21.7 Å². The Bertz CT molecular complexity index is 210. The summed E-state index contributed by atoms with van der Waals surface area (Å²) in [4.78, 5) is 3.68. The van der Waals surface area contributed by atoms with E-state index in [0.29, 0.717) is 5.76 Å². The maximum Gasteiger partial charge on any atom is 0.147 e. The van der Waals surface area contributed by atoms with Crippen LogP contribution in [0.1, 0.15) is 0 Å². The predicted octanol–water partition coefficient (Wildman–Crippen LogP) is 1.19. The third-order valence-corrected chi connectivity index (χ3v) is 1.46. The maximum atomic E-state index is 7.10. The second-order valence-corrected chi connectivity index (χ2v) is 2.29. The molecule has 1 N–H and O–H groups in total. The number of aliphatic imine (C=N–C) groups is 1. The number of hydrogen-bond acceptors (Lipinski definition) is 2. The number of rotatable bonds is 1. The fourth-order valence-electron chi connectivity index (χ4n) is 0.642. The van der Waals surface area contributed by atoms with Crippen molar-refractivity contribution in [1.29, 1.82) is 5.41 Å². The van der Waals surface area contributed by atoms with Gasteiger partial charge < -0.3 is 4.74 Å². The Morgan fingerprint density at radius 3 is 3.00 bits per heavy atom. The van der Waals surface area contributed by atoms with Crippen LogP contribution in [0, 0.1) is 5.41 Å². The van der Waals surface area contributed by atoms with Crippen molar-refractivity contribution in [2.75, 3.05) is 7.11 Å². The Morgan fingerprint density at radius 1 is 1.80 bits per heavy atom. The van der Waals surface area contributed by atoms with Crippen molar-refractivity contribution in [3.63, 3.8) is 0 Å². The van der Waals surface area contributed by atoms with Crippen LogP contribution in [0.4, 0.5) is 0 Å². The molecule has 0 aliphatic carbocycles. The molecule has 4 heteroatoms. The van der Waals surface area contributed by atoms with E-state index in [9.17, 15) is 0 Å². The molecular formula is C6H7ClN2O. The van der Waals surface area contributed by atoms with Crippen molar-refractivity contribution in [2.24, 2.45) is 4.99 Å². The first-order valence-corrected chi connectivity index (χ1v) is 3.20. The van der Waals surface area contributed by atoms with Crippen molar-refractivity contribution < 1.29 is 4.74 Å². The van der Waals surface area contributed by atoms with E-state index < -0.39 is 0 Å². The molecule has 0 amide bonds. The van der Waals surface area contributed by atoms with Crippen LogP contribution in [0.2, 0.25) is 0 Å². The molecule has 0 fully saturated rings. The number of alkyl halides is 1. The lowest BCUT2D eigenvalue weighted by atomic mass is 10.3. The molecule has 0 bridgehead atoms. The molecule has 0 aromatic carbocycles. The maximum absolute atomic E-state index is 7.10. The third kappa shape index (κ3) is 1.36. The quantitative estimate of drug-likeness (QED) is 0.573. The number of halogens is 1. The van der Waals surface area contributed by atoms with E-state index in [-0.39, 0.29) is 11.2 Å². The van der Waals surface area contributed by atoms with Gasteiger partial charge in [0, 0.05) is 12.3 Å². The smallest absolute Gasteiger partial charge is 0.147 e. The third-order valence-electron chi connectivity index (χ3n) is 1.13.